The van der Waals surface area contributed by atoms with Crippen molar-refractivity contribution in [2.75, 3.05) is 12.4 Å². The van der Waals surface area contributed by atoms with Crippen LogP contribution < -0.4 is 11.0 Å². The number of nitro benzene ring substituents is 1. The summed E-state index contributed by atoms with van der Waals surface area (Å²) >= 11 is 0. The third kappa shape index (κ3) is 3.27. The summed E-state index contributed by atoms with van der Waals surface area (Å²) in [7, 11) is 1.21. The molecule has 1 aromatic heterocycles. The number of nitro groups is 1. The Kier molecular flexibility index (Phi) is 4.44. The number of esters is 1. The smallest absolute Gasteiger partial charge is 0.340 e. The van der Waals surface area contributed by atoms with Crippen molar-refractivity contribution < 1.29 is 14.5 Å². The van der Waals surface area contributed by atoms with E-state index in [1.807, 2.05) is 19.1 Å². The second kappa shape index (κ2) is 6.71. The number of ether oxygens (including phenoxy) is 1. The molecule has 0 unspecified atom stereocenters. The summed E-state index contributed by atoms with van der Waals surface area (Å²) in [6.07, 6.45) is 0. The van der Waals surface area contributed by atoms with Gasteiger partial charge in [-0.15, -0.1) is 0 Å². The van der Waals surface area contributed by atoms with E-state index in [0.717, 1.165) is 5.56 Å². The van der Waals surface area contributed by atoms with Crippen molar-refractivity contribution in [1.82, 2.24) is 9.97 Å². The quantitative estimate of drug-likeness (QED) is 0.366. The van der Waals surface area contributed by atoms with Gasteiger partial charge in [0, 0.05) is 23.9 Å². The van der Waals surface area contributed by atoms with Crippen molar-refractivity contribution in [3.63, 3.8) is 0 Å². The number of hydrogen-bond acceptors (Lipinski definition) is 6. The Labute approximate surface area is 147 Å². The number of carbonyl (C=O) groups excluding carboxylic acids is 1. The molecule has 3 rings (SSSR count). The Balaban J connectivity index is 1.94. The first kappa shape index (κ1) is 17.2. The average molecular weight is 356 g/mol. The normalized spacial score (nSPS) is 11.9. The van der Waals surface area contributed by atoms with Gasteiger partial charge in [0.25, 0.3) is 5.69 Å². The molecular weight excluding hydrogens is 340 g/mol. The van der Waals surface area contributed by atoms with E-state index in [4.69, 9.17) is 4.74 Å². The molecule has 0 aliphatic heterocycles. The number of non-ortho nitro benzene ring substituents is 1. The molecule has 26 heavy (non-hydrogen) atoms. The van der Waals surface area contributed by atoms with E-state index in [2.05, 4.69) is 15.3 Å². The Bertz CT molecular complexity index is 1050. The molecule has 9 nitrogen and oxygen atoms in total. The molecule has 1 heterocycles. The molecule has 0 bridgehead atoms. The summed E-state index contributed by atoms with van der Waals surface area (Å²) in [5, 5.41) is 14.1. The number of H-pyrrole nitrogens is 2. The lowest BCUT2D eigenvalue weighted by Crippen LogP contribution is -2.12. The van der Waals surface area contributed by atoms with Gasteiger partial charge in [-0.3, -0.25) is 10.1 Å². The Hall–Kier alpha value is -3.62. The van der Waals surface area contributed by atoms with Crippen molar-refractivity contribution in [2.24, 2.45) is 0 Å². The van der Waals surface area contributed by atoms with Crippen LogP contribution in [-0.4, -0.2) is 28.0 Å². The van der Waals surface area contributed by atoms with Crippen LogP contribution in [0, 0.1) is 10.1 Å². The summed E-state index contributed by atoms with van der Waals surface area (Å²) in [6.45, 7) is 1.87. The number of aromatic amines is 2. The average Bonchev–Trinajstić information content (AvgIpc) is 3.00. The number of imidazole rings is 1. The number of nitrogens with zero attached hydrogens (tertiary/aromatic N) is 1. The topological polar surface area (TPSA) is 130 Å². The van der Waals surface area contributed by atoms with Crippen LogP contribution in [0.4, 0.5) is 11.4 Å². The summed E-state index contributed by atoms with van der Waals surface area (Å²) in [4.78, 5) is 39.1. The van der Waals surface area contributed by atoms with Crippen molar-refractivity contribution in [3.8, 4) is 0 Å². The van der Waals surface area contributed by atoms with Gasteiger partial charge in [-0.05, 0) is 30.7 Å². The first-order chi connectivity index (χ1) is 12.4. The zero-order chi connectivity index (χ0) is 18.8. The summed E-state index contributed by atoms with van der Waals surface area (Å²) < 4.78 is 4.71. The van der Waals surface area contributed by atoms with Gasteiger partial charge in [0.2, 0.25) is 0 Å². The fourth-order valence-corrected chi connectivity index (χ4v) is 2.69. The van der Waals surface area contributed by atoms with E-state index < -0.39 is 10.9 Å². The highest BCUT2D eigenvalue weighted by Crippen LogP contribution is 2.27. The van der Waals surface area contributed by atoms with Gasteiger partial charge in [-0.2, -0.15) is 0 Å². The first-order valence-corrected chi connectivity index (χ1v) is 7.74. The van der Waals surface area contributed by atoms with E-state index in [-0.39, 0.29) is 23.0 Å². The summed E-state index contributed by atoms with van der Waals surface area (Å²) in [5.41, 5.74) is 2.22. The Morgan fingerprint density at radius 1 is 1.19 bits per heavy atom. The number of methoxy groups -OCH3 is 1. The monoisotopic (exact) mass is 356 g/mol. The molecule has 9 heteroatoms. The minimum atomic E-state index is -0.672. The molecule has 0 aliphatic carbocycles. The largest absolute Gasteiger partial charge is 0.465 e. The molecule has 134 valence electrons. The lowest BCUT2D eigenvalue weighted by atomic mass is 10.1. The Morgan fingerprint density at radius 2 is 1.92 bits per heavy atom. The molecule has 0 fully saturated rings. The van der Waals surface area contributed by atoms with Crippen LogP contribution in [0.1, 0.15) is 28.9 Å². The van der Waals surface area contributed by atoms with Gasteiger partial charge in [0.15, 0.2) is 0 Å². The fraction of sp³-hybridized carbons (Fsp3) is 0.176. The number of nitrogens with one attached hydrogen (secondary N) is 3. The number of carbonyl (C=O) groups is 1. The molecule has 1 atom stereocenters. The molecule has 0 amide bonds. The maximum atomic E-state index is 12.0. The number of fused-ring (bicyclic) bond motifs is 1. The van der Waals surface area contributed by atoms with Crippen molar-refractivity contribution >= 4 is 28.4 Å². The maximum Gasteiger partial charge on any atom is 0.340 e. The van der Waals surface area contributed by atoms with E-state index in [1.165, 1.54) is 25.3 Å². The van der Waals surface area contributed by atoms with Gasteiger partial charge in [-0.25, -0.2) is 9.59 Å². The van der Waals surface area contributed by atoms with Gasteiger partial charge < -0.3 is 20.0 Å². The molecule has 0 spiro atoms. The Morgan fingerprint density at radius 3 is 2.62 bits per heavy atom. The van der Waals surface area contributed by atoms with Gasteiger partial charge in [0.05, 0.1) is 28.6 Å². The number of hydrogen-bond donors (Lipinski definition) is 3. The van der Waals surface area contributed by atoms with Crippen LogP contribution in [0.25, 0.3) is 11.0 Å². The summed E-state index contributed by atoms with van der Waals surface area (Å²) in [6, 6.07) is 9.15. The standard InChI is InChI=1S/C17H16N4O5/c1-9(10-3-5-14-15(7-10)20-17(23)19-14)18-13-6-4-11(21(24)25)8-12(13)16(22)26-2/h3-9,18H,1-2H3,(H2,19,20,23)/t9-/m1/s1. The molecule has 0 saturated heterocycles. The first-order valence-electron chi connectivity index (χ1n) is 7.74. The maximum absolute atomic E-state index is 12.0. The number of benzene rings is 2. The van der Waals surface area contributed by atoms with Crippen LogP contribution >= 0.6 is 0 Å². The van der Waals surface area contributed by atoms with Gasteiger partial charge >= 0.3 is 11.7 Å². The second-order valence-electron chi connectivity index (χ2n) is 5.73. The lowest BCUT2D eigenvalue weighted by Gasteiger charge is -2.18. The predicted molar refractivity (Wildman–Crippen MR) is 95.4 cm³/mol. The van der Waals surface area contributed by atoms with Crippen LogP contribution in [-0.2, 0) is 4.74 Å². The number of rotatable bonds is 5. The van der Waals surface area contributed by atoms with E-state index in [1.54, 1.807) is 6.07 Å². The highest BCUT2D eigenvalue weighted by Gasteiger charge is 2.19. The molecule has 3 aromatic rings. The third-order valence-electron chi connectivity index (χ3n) is 4.03. The molecule has 3 N–H and O–H groups in total. The minimum Gasteiger partial charge on any atom is -0.465 e. The lowest BCUT2D eigenvalue weighted by molar-refractivity contribution is -0.384. The third-order valence-corrected chi connectivity index (χ3v) is 4.03. The van der Waals surface area contributed by atoms with E-state index >= 15 is 0 Å². The molecule has 0 radical (unpaired) electrons. The zero-order valence-electron chi connectivity index (χ0n) is 14.0. The second-order valence-corrected chi connectivity index (χ2v) is 5.73. The van der Waals surface area contributed by atoms with Crippen LogP contribution in [0.2, 0.25) is 0 Å². The highest BCUT2D eigenvalue weighted by atomic mass is 16.6. The van der Waals surface area contributed by atoms with Crippen LogP contribution in [0.15, 0.2) is 41.2 Å². The molecule has 0 saturated carbocycles. The van der Waals surface area contributed by atoms with Crippen molar-refractivity contribution in [1.29, 1.82) is 0 Å². The minimum absolute atomic E-state index is 0.0738. The van der Waals surface area contributed by atoms with Crippen LogP contribution in [0.3, 0.4) is 0 Å². The SMILES string of the molecule is COC(=O)c1cc([N+](=O)[O-])ccc1N[C@H](C)c1ccc2[nH]c(=O)[nH]c2c1. The van der Waals surface area contributed by atoms with Gasteiger partial charge in [0.1, 0.15) is 0 Å². The zero-order valence-corrected chi connectivity index (χ0v) is 14.0. The van der Waals surface area contributed by atoms with E-state index in [0.29, 0.717) is 16.7 Å². The van der Waals surface area contributed by atoms with Crippen molar-refractivity contribution in [3.05, 3.63) is 68.1 Å². The molecular formula is C17H16N4O5. The highest BCUT2D eigenvalue weighted by molar-refractivity contribution is 5.96. The van der Waals surface area contributed by atoms with Gasteiger partial charge in [-0.1, -0.05) is 6.07 Å². The summed E-state index contributed by atoms with van der Waals surface area (Å²) in [5.74, 6) is -0.672. The van der Waals surface area contributed by atoms with E-state index in [9.17, 15) is 19.7 Å². The predicted octanol–water partition coefficient (Wildman–Crippen LogP) is 2.72. The van der Waals surface area contributed by atoms with Crippen molar-refractivity contribution in [2.45, 2.75) is 13.0 Å². The molecule has 0 aliphatic rings. The fourth-order valence-electron chi connectivity index (χ4n) is 2.69. The number of anilines is 1. The van der Waals surface area contributed by atoms with Crippen LogP contribution in [0.5, 0.6) is 0 Å². The number of aromatic nitrogens is 2. The molecule has 2 aromatic carbocycles.